The minimum atomic E-state index is -0.391. The molecule has 2 fully saturated rings. The van der Waals surface area contributed by atoms with E-state index >= 15 is 0 Å². The average molecular weight is 358 g/mol. The van der Waals surface area contributed by atoms with Gasteiger partial charge in [0.05, 0.1) is 23.7 Å². The highest BCUT2D eigenvalue weighted by Crippen LogP contribution is 2.22. The molecule has 0 unspecified atom stereocenters. The van der Waals surface area contributed by atoms with E-state index in [1.807, 2.05) is 32.0 Å². The van der Waals surface area contributed by atoms with Gasteiger partial charge in [0.15, 0.2) is 0 Å². The molecule has 1 aromatic heterocycles. The molecule has 2 aliphatic heterocycles. The van der Waals surface area contributed by atoms with Gasteiger partial charge < -0.3 is 10.1 Å². The number of carbonyl (C=O) groups excluding carboxylic acids is 1. The summed E-state index contributed by atoms with van der Waals surface area (Å²) >= 11 is 0. The molecule has 1 amide bonds. The third-order valence-corrected chi connectivity index (χ3v) is 5.44. The number of para-hydroxylation sites is 2. The summed E-state index contributed by atoms with van der Waals surface area (Å²) in [5, 5.41) is 2.89. The Balaban J connectivity index is 1.52. The highest BCUT2D eigenvalue weighted by molar-refractivity contribution is 5.89. The molecule has 0 saturated carbocycles. The summed E-state index contributed by atoms with van der Waals surface area (Å²) in [6.45, 7) is 6.98. The number of imidazole rings is 1. The van der Waals surface area contributed by atoms with Crippen LogP contribution in [0.3, 0.4) is 0 Å². The predicted molar refractivity (Wildman–Crippen MR) is 99.7 cm³/mol. The third-order valence-electron chi connectivity index (χ3n) is 5.44. The van der Waals surface area contributed by atoms with Gasteiger partial charge in [-0.15, -0.1) is 0 Å². The first-order chi connectivity index (χ1) is 12.6. The van der Waals surface area contributed by atoms with Crippen LogP contribution in [0.15, 0.2) is 29.1 Å². The van der Waals surface area contributed by atoms with Gasteiger partial charge in [0.2, 0.25) is 0 Å². The lowest BCUT2D eigenvalue weighted by Crippen LogP contribution is -2.51. The van der Waals surface area contributed by atoms with Gasteiger partial charge in [-0.1, -0.05) is 12.1 Å². The topological polar surface area (TPSA) is 68.5 Å². The Morgan fingerprint density at radius 1 is 1.31 bits per heavy atom. The smallest absolute Gasteiger partial charge is 0.337 e. The Bertz CT molecular complexity index is 869. The molecule has 140 valence electrons. The van der Waals surface area contributed by atoms with Crippen LogP contribution in [-0.2, 0) is 4.74 Å². The quantitative estimate of drug-likeness (QED) is 0.909. The number of hydrogen-bond donors (Lipinski definition) is 1. The summed E-state index contributed by atoms with van der Waals surface area (Å²) in [5.41, 5.74) is 1.10. The van der Waals surface area contributed by atoms with Crippen molar-refractivity contribution in [2.24, 2.45) is 0 Å². The molecule has 0 spiro atoms. The number of aromatic nitrogens is 2. The van der Waals surface area contributed by atoms with Gasteiger partial charge in [-0.3, -0.25) is 9.47 Å². The second-order valence-corrected chi connectivity index (χ2v) is 7.50. The van der Waals surface area contributed by atoms with Gasteiger partial charge >= 0.3 is 11.7 Å². The molecule has 1 aromatic carbocycles. The predicted octanol–water partition coefficient (Wildman–Crippen LogP) is 1.80. The molecule has 26 heavy (non-hydrogen) atoms. The second-order valence-electron chi connectivity index (χ2n) is 7.50. The first-order valence-electron chi connectivity index (χ1n) is 9.42. The summed E-state index contributed by atoms with van der Waals surface area (Å²) in [5.74, 6) is 0. The number of benzene rings is 1. The van der Waals surface area contributed by atoms with Crippen LogP contribution in [-0.4, -0.2) is 58.5 Å². The van der Waals surface area contributed by atoms with E-state index in [0.29, 0.717) is 18.1 Å². The second kappa shape index (κ2) is 6.89. The van der Waals surface area contributed by atoms with E-state index < -0.39 is 6.03 Å². The third kappa shape index (κ3) is 2.95. The molecule has 7 nitrogen and oxygen atoms in total. The number of ether oxygens (including phenoxy) is 1. The Hall–Kier alpha value is -2.12. The van der Waals surface area contributed by atoms with E-state index in [9.17, 15) is 9.59 Å². The fourth-order valence-corrected chi connectivity index (χ4v) is 4.16. The zero-order valence-electron chi connectivity index (χ0n) is 15.4. The lowest BCUT2D eigenvalue weighted by molar-refractivity contribution is -0.0457. The zero-order valence-corrected chi connectivity index (χ0v) is 15.4. The van der Waals surface area contributed by atoms with Crippen LogP contribution >= 0.6 is 0 Å². The molecular formula is C19H26N4O3. The van der Waals surface area contributed by atoms with E-state index in [2.05, 4.69) is 10.2 Å². The van der Waals surface area contributed by atoms with Crippen molar-refractivity contribution >= 4 is 17.1 Å². The lowest BCUT2D eigenvalue weighted by atomic mass is 10.2. The highest BCUT2D eigenvalue weighted by Gasteiger charge is 2.32. The number of nitrogens with zero attached hydrogens (tertiary/aromatic N) is 3. The van der Waals surface area contributed by atoms with E-state index in [-0.39, 0.29) is 17.8 Å². The summed E-state index contributed by atoms with van der Waals surface area (Å²) in [4.78, 5) is 28.0. The normalized spacial score (nSPS) is 23.5. The van der Waals surface area contributed by atoms with Crippen molar-refractivity contribution in [3.8, 4) is 0 Å². The monoisotopic (exact) mass is 358 g/mol. The number of morpholine rings is 1. The fraction of sp³-hybridized carbons (Fsp3) is 0.579. The Labute approximate surface area is 152 Å². The molecule has 3 heterocycles. The largest absolute Gasteiger partial charge is 0.373 e. The highest BCUT2D eigenvalue weighted by atomic mass is 16.5. The van der Waals surface area contributed by atoms with Gasteiger partial charge in [0.1, 0.15) is 0 Å². The Kier molecular flexibility index (Phi) is 4.58. The van der Waals surface area contributed by atoms with Crippen molar-refractivity contribution in [1.82, 2.24) is 19.4 Å². The molecule has 0 radical (unpaired) electrons. The maximum absolute atomic E-state index is 12.8. The SMILES string of the molecule is CC(C)n1c(=O)n(C(=O)NC[C@@H]2CN3CCC[C@@H]3CO2)c2ccccc21. The summed E-state index contributed by atoms with van der Waals surface area (Å²) in [6, 6.07) is 7.53. The molecule has 1 N–H and O–H groups in total. The minimum absolute atomic E-state index is 0.0183. The first-order valence-corrected chi connectivity index (χ1v) is 9.42. The fourth-order valence-electron chi connectivity index (χ4n) is 4.16. The van der Waals surface area contributed by atoms with Crippen LogP contribution in [0, 0.1) is 0 Å². The van der Waals surface area contributed by atoms with Crippen molar-refractivity contribution in [1.29, 1.82) is 0 Å². The number of carbonyl (C=O) groups is 1. The maximum atomic E-state index is 12.8. The summed E-state index contributed by atoms with van der Waals surface area (Å²) in [6.07, 6.45) is 2.39. The van der Waals surface area contributed by atoms with Crippen LogP contribution in [0.2, 0.25) is 0 Å². The zero-order chi connectivity index (χ0) is 18.3. The number of rotatable bonds is 3. The van der Waals surface area contributed by atoms with E-state index in [4.69, 9.17) is 4.74 Å². The molecule has 2 atom stereocenters. The summed E-state index contributed by atoms with van der Waals surface area (Å²) < 4.78 is 8.78. The van der Waals surface area contributed by atoms with Crippen molar-refractivity contribution in [3.05, 3.63) is 34.7 Å². The van der Waals surface area contributed by atoms with Crippen LogP contribution in [0.4, 0.5) is 4.79 Å². The van der Waals surface area contributed by atoms with Gasteiger partial charge in [-0.05, 0) is 45.4 Å². The van der Waals surface area contributed by atoms with E-state index in [1.165, 1.54) is 17.4 Å². The minimum Gasteiger partial charge on any atom is -0.373 e. The molecule has 2 aromatic rings. The standard InChI is InChI=1S/C19H26N4O3/c1-13(2)22-16-7-3-4-8-17(16)23(19(22)25)18(24)20-10-15-11-21-9-5-6-14(21)12-26-15/h3-4,7-8,13-15H,5-6,9-12H2,1-2H3,(H,20,24)/t14-,15-/m1/s1. The van der Waals surface area contributed by atoms with Gasteiger partial charge in [-0.2, -0.15) is 0 Å². The Morgan fingerprint density at radius 3 is 2.85 bits per heavy atom. The van der Waals surface area contributed by atoms with E-state index in [0.717, 1.165) is 25.2 Å². The molecule has 0 aliphatic carbocycles. The van der Waals surface area contributed by atoms with Gasteiger partial charge in [-0.25, -0.2) is 14.2 Å². The Morgan fingerprint density at radius 2 is 2.08 bits per heavy atom. The summed E-state index contributed by atoms with van der Waals surface area (Å²) in [7, 11) is 0. The average Bonchev–Trinajstić information content (AvgIpc) is 3.20. The number of fused-ring (bicyclic) bond motifs is 2. The van der Waals surface area contributed by atoms with Crippen LogP contribution < -0.4 is 11.0 Å². The number of nitrogens with one attached hydrogen (secondary N) is 1. The molecule has 4 rings (SSSR count). The maximum Gasteiger partial charge on any atom is 0.337 e. The molecular weight excluding hydrogens is 332 g/mol. The number of hydrogen-bond acceptors (Lipinski definition) is 4. The molecule has 7 heteroatoms. The first kappa shape index (κ1) is 17.3. The molecule has 0 bridgehead atoms. The van der Waals surface area contributed by atoms with Crippen molar-refractivity contribution in [3.63, 3.8) is 0 Å². The van der Waals surface area contributed by atoms with Gasteiger partial charge in [0.25, 0.3) is 0 Å². The molecule has 2 saturated heterocycles. The molecule has 2 aliphatic rings. The number of amides is 1. The van der Waals surface area contributed by atoms with Crippen molar-refractivity contribution in [2.75, 3.05) is 26.2 Å². The van der Waals surface area contributed by atoms with Crippen molar-refractivity contribution in [2.45, 2.75) is 44.9 Å². The lowest BCUT2D eigenvalue weighted by Gasteiger charge is -2.35. The van der Waals surface area contributed by atoms with Crippen LogP contribution in [0.1, 0.15) is 32.7 Å². The van der Waals surface area contributed by atoms with E-state index in [1.54, 1.807) is 10.6 Å². The van der Waals surface area contributed by atoms with Crippen molar-refractivity contribution < 1.29 is 9.53 Å². The van der Waals surface area contributed by atoms with Crippen LogP contribution in [0.25, 0.3) is 11.0 Å². The van der Waals surface area contributed by atoms with Gasteiger partial charge in [0, 0.05) is 25.2 Å². The van der Waals surface area contributed by atoms with Crippen LogP contribution in [0.5, 0.6) is 0 Å².